The number of aliphatic hydroxyl groups excluding tert-OH is 1. The van der Waals surface area contributed by atoms with Crippen LogP contribution in [0.5, 0.6) is 0 Å². The van der Waals surface area contributed by atoms with E-state index in [0.717, 1.165) is 12.8 Å². The number of aliphatic hydroxyl groups is 1. The molecule has 2 heterocycles. The first-order valence-electron chi connectivity index (χ1n) is 6.65. The van der Waals surface area contributed by atoms with E-state index >= 15 is 0 Å². The molecule has 0 bridgehead atoms. The van der Waals surface area contributed by atoms with Gasteiger partial charge in [0.1, 0.15) is 11.5 Å². The van der Waals surface area contributed by atoms with Crippen LogP contribution < -0.4 is 0 Å². The minimum atomic E-state index is -3.59. The third kappa shape index (κ3) is 3.80. The molecule has 1 unspecified atom stereocenters. The average Bonchev–Trinajstić information content (AvgIpc) is 2.53. The van der Waals surface area contributed by atoms with E-state index in [2.05, 4.69) is 16.8 Å². The first kappa shape index (κ1) is 15.9. The Morgan fingerprint density at radius 3 is 3.05 bits per heavy atom. The van der Waals surface area contributed by atoms with Gasteiger partial charge in [-0.2, -0.15) is 4.31 Å². The van der Waals surface area contributed by atoms with Crippen LogP contribution in [0.15, 0.2) is 23.4 Å². The first-order chi connectivity index (χ1) is 10.1. The summed E-state index contributed by atoms with van der Waals surface area (Å²) < 4.78 is 31.9. The van der Waals surface area contributed by atoms with Crippen LogP contribution in [0.25, 0.3) is 0 Å². The van der Waals surface area contributed by atoms with Gasteiger partial charge in [-0.1, -0.05) is 11.8 Å². The lowest BCUT2D eigenvalue weighted by molar-refractivity contribution is 0.0572. The standard InChI is InChI=1S/C14H18N2O4S/c1-20-13-5-2-6-16(11-13)21(18,19)14-8-12(4-3-7-17)9-15-10-14/h8-10,13,17H,2,5-7,11H2,1H3. The summed E-state index contributed by atoms with van der Waals surface area (Å²) in [6.07, 6.45) is 4.35. The van der Waals surface area contributed by atoms with Crippen molar-refractivity contribution < 1.29 is 18.3 Å². The second-order valence-corrected chi connectivity index (χ2v) is 6.67. The largest absolute Gasteiger partial charge is 0.384 e. The third-order valence-electron chi connectivity index (χ3n) is 3.34. The van der Waals surface area contributed by atoms with Gasteiger partial charge in [0.05, 0.1) is 6.10 Å². The molecule has 1 fully saturated rings. The molecule has 0 saturated carbocycles. The zero-order chi connectivity index (χ0) is 15.3. The van der Waals surface area contributed by atoms with E-state index in [-0.39, 0.29) is 17.6 Å². The number of hydrogen-bond donors (Lipinski definition) is 1. The van der Waals surface area contributed by atoms with Crippen molar-refractivity contribution in [1.29, 1.82) is 0 Å². The number of piperidine rings is 1. The van der Waals surface area contributed by atoms with Crippen molar-refractivity contribution in [2.45, 2.75) is 23.8 Å². The van der Waals surface area contributed by atoms with Crippen LogP contribution >= 0.6 is 0 Å². The van der Waals surface area contributed by atoms with Crippen LogP contribution in [0, 0.1) is 11.8 Å². The topological polar surface area (TPSA) is 79.7 Å². The zero-order valence-corrected chi connectivity index (χ0v) is 12.6. The van der Waals surface area contributed by atoms with Crippen LogP contribution in [0.4, 0.5) is 0 Å². The lowest BCUT2D eigenvalue weighted by Gasteiger charge is -2.30. The predicted octanol–water partition coefficient (Wildman–Crippen LogP) is 0.225. The summed E-state index contributed by atoms with van der Waals surface area (Å²) in [7, 11) is -2.00. The number of rotatable bonds is 3. The van der Waals surface area contributed by atoms with Gasteiger partial charge in [0.15, 0.2) is 0 Å². The van der Waals surface area contributed by atoms with Gasteiger partial charge in [-0.05, 0) is 18.9 Å². The van der Waals surface area contributed by atoms with Crippen molar-refractivity contribution in [3.63, 3.8) is 0 Å². The fourth-order valence-corrected chi connectivity index (χ4v) is 3.73. The molecule has 0 aromatic carbocycles. The number of hydrogen-bond acceptors (Lipinski definition) is 5. The molecule has 21 heavy (non-hydrogen) atoms. The summed E-state index contributed by atoms with van der Waals surface area (Å²) in [4.78, 5) is 4.03. The number of pyridine rings is 1. The van der Waals surface area contributed by atoms with E-state index in [1.54, 1.807) is 7.11 Å². The van der Waals surface area contributed by atoms with Crippen LogP contribution in [0.3, 0.4) is 0 Å². The maximum absolute atomic E-state index is 12.6. The molecule has 7 heteroatoms. The minimum absolute atomic E-state index is 0.0705. The Labute approximate surface area is 124 Å². The van der Waals surface area contributed by atoms with E-state index < -0.39 is 10.0 Å². The first-order valence-corrected chi connectivity index (χ1v) is 8.09. The molecule has 1 aliphatic rings. The Hall–Kier alpha value is -1.46. The van der Waals surface area contributed by atoms with Gasteiger partial charge < -0.3 is 9.84 Å². The molecule has 0 aliphatic carbocycles. The Kier molecular flexibility index (Phi) is 5.31. The number of methoxy groups -OCH3 is 1. The molecule has 1 aromatic rings. The quantitative estimate of drug-likeness (QED) is 0.808. The molecule has 1 saturated heterocycles. The minimum Gasteiger partial charge on any atom is -0.384 e. The highest BCUT2D eigenvalue weighted by Crippen LogP contribution is 2.21. The predicted molar refractivity (Wildman–Crippen MR) is 77.0 cm³/mol. The SMILES string of the molecule is COC1CCCN(S(=O)(=O)c2cncc(C#CCO)c2)C1. The molecule has 6 nitrogen and oxygen atoms in total. The van der Waals surface area contributed by atoms with Crippen molar-refractivity contribution in [2.75, 3.05) is 26.8 Å². The molecule has 1 atom stereocenters. The summed E-state index contributed by atoms with van der Waals surface area (Å²) in [5, 5.41) is 8.68. The molecule has 0 amide bonds. The highest BCUT2D eigenvalue weighted by atomic mass is 32.2. The Morgan fingerprint density at radius 2 is 2.33 bits per heavy atom. The van der Waals surface area contributed by atoms with Gasteiger partial charge in [0, 0.05) is 38.2 Å². The van der Waals surface area contributed by atoms with Crippen LogP contribution in [-0.2, 0) is 14.8 Å². The van der Waals surface area contributed by atoms with Gasteiger partial charge >= 0.3 is 0 Å². The summed E-state index contributed by atoms with van der Waals surface area (Å²) in [6, 6.07) is 1.47. The van der Waals surface area contributed by atoms with Gasteiger partial charge in [-0.3, -0.25) is 4.98 Å². The maximum atomic E-state index is 12.6. The Bertz CT molecular complexity index is 648. The van der Waals surface area contributed by atoms with Gasteiger partial charge in [0.2, 0.25) is 10.0 Å². The van der Waals surface area contributed by atoms with Gasteiger partial charge in [-0.25, -0.2) is 8.42 Å². The summed E-state index contributed by atoms with van der Waals surface area (Å²) in [6.45, 7) is 0.554. The third-order valence-corrected chi connectivity index (χ3v) is 5.17. The van der Waals surface area contributed by atoms with Gasteiger partial charge in [-0.15, -0.1) is 0 Å². The fourth-order valence-electron chi connectivity index (χ4n) is 2.23. The second kappa shape index (κ2) is 7.00. The monoisotopic (exact) mass is 310 g/mol. The Morgan fingerprint density at radius 1 is 1.52 bits per heavy atom. The fraction of sp³-hybridized carbons (Fsp3) is 0.500. The molecule has 1 N–H and O–H groups in total. The van der Waals surface area contributed by atoms with Crippen LogP contribution in [0.1, 0.15) is 18.4 Å². The normalized spacial score (nSPS) is 19.8. The van der Waals surface area contributed by atoms with Crippen LogP contribution in [-0.4, -0.2) is 55.7 Å². The summed E-state index contributed by atoms with van der Waals surface area (Å²) in [5.41, 5.74) is 0.463. The van der Waals surface area contributed by atoms with E-state index in [9.17, 15) is 8.42 Å². The molecular weight excluding hydrogens is 292 g/mol. The molecule has 1 aromatic heterocycles. The summed E-state index contributed by atoms with van der Waals surface area (Å²) >= 11 is 0. The van der Waals surface area contributed by atoms with Crippen molar-refractivity contribution in [2.24, 2.45) is 0 Å². The average molecular weight is 310 g/mol. The van der Waals surface area contributed by atoms with Crippen LogP contribution in [0.2, 0.25) is 0 Å². The number of nitrogens with zero attached hydrogens (tertiary/aromatic N) is 2. The van der Waals surface area contributed by atoms with Gasteiger partial charge in [0.25, 0.3) is 0 Å². The summed E-state index contributed by atoms with van der Waals surface area (Å²) in [5.74, 6) is 5.14. The molecule has 0 radical (unpaired) electrons. The lowest BCUT2D eigenvalue weighted by Crippen LogP contribution is -2.42. The van der Waals surface area contributed by atoms with E-state index in [1.165, 1.54) is 22.8 Å². The second-order valence-electron chi connectivity index (χ2n) is 4.73. The van der Waals surface area contributed by atoms with Crippen molar-refractivity contribution in [1.82, 2.24) is 9.29 Å². The Balaban J connectivity index is 2.26. The van der Waals surface area contributed by atoms with E-state index in [4.69, 9.17) is 9.84 Å². The van der Waals surface area contributed by atoms with Crippen molar-refractivity contribution in [3.8, 4) is 11.8 Å². The molecule has 1 aliphatic heterocycles. The maximum Gasteiger partial charge on any atom is 0.244 e. The van der Waals surface area contributed by atoms with Crippen molar-refractivity contribution in [3.05, 3.63) is 24.0 Å². The number of ether oxygens (including phenoxy) is 1. The number of sulfonamides is 1. The smallest absolute Gasteiger partial charge is 0.244 e. The van der Waals surface area contributed by atoms with Crippen molar-refractivity contribution >= 4 is 10.0 Å². The molecule has 2 rings (SSSR count). The van der Waals surface area contributed by atoms with E-state index in [1.807, 2.05) is 0 Å². The highest BCUT2D eigenvalue weighted by Gasteiger charge is 2.30. The lowest BCUT2D eigenvalue weighted by atomic mass is 10.1. The molecular formula is C14H18N2O4S. The highest BCUT2D eigenvalue weighted by molar-refractivity contribution is 7.89. The molecule has 0 spiro atoms. The zero-order valence-electron chi connectivity index (χ0n) is 11.8. The van der Waals surface area contributed by atoms with E-state index in [0.29, 0.717) is 18.7 Å². The molecule has 114 valence electrons. The number of aromatic nitrogens is 1.